The van der Waals surface area contributed by atoms with E-state index in [1.165, 1.54) is 22.6 Å². The molecule has 1 aliphatic rings. The predicted molar refractivity (Wildman–Crippen MR) is 102 cm³/mol. The first-order valence-electron chi connectivity index (χ1n) is 8.81. The fraction of sp³-hybridized carbons (Fsp3) is 0.722. The standard InChI is InChI=1S/C18H32N4S/c1-6-19-18(20-12-14(3)22(5)16-8-9-16)21-13(2)11-17-10-7-15(4)23-17/h7,10,13-14,16H,6,8-9,11-12H2,1-5H3,(H2,19,20,21). The molecule has 0 aliphatic heterocycles. The van der Waals surface area contributed by atoms with Crippen LogP contribution in [0.5, 0.6) is 0 Å². The Bertz CT molecular complexity index is 507. The Morgan fingerprint density at radius 3 is 2.70 bits per heavy atom. The summed E-state index contributed by atoms with van der Waals surface area (Å²) < 4.78 is 0. The maximum Gasteiger partial charge on any atom is 0.191 e. The molecule has 2 unspecified atom stereocenters. The Morgan fingerprint density at radius 1 is 1.39 bits per heavy atom. The second-order valence-corrected chi connectivity index (χ2v) is 8.10. The van der Waals surface area contributed by atoms with E-state index in [0.717, 1.165) is 31.5 Å². The van der Waals surface area contributed by atoms with E-state index in [-0.39, 0.29) is 0 Å². The molecule has 0 amide bonds. The van der Waals surface area contributed by atoms with Crippen molar-refractivity contribution >= 4 is 17.3 Å². The van der Waals surface area contributed by atoms with Crippen LogP contribution in [0.15, 0.2) is 17.1 Å². The average molecular weight is 337 g/mol. The van der Waals surface area contributed by atoms with E-state index in [4.69, 9.17) is 4.99 Å². The molecule has 2 rings (SSSR count). The van der Waals surface area contributed by atoms with Gasteiger partial charge in [0.25, 0.3) is 0 Å². The maximum atomic E-state index is 4.79. The van der Waals surface area contributed by atoms with Crippen molar-refractivity contribution in [3.8, 4) is 0 Å². The zero-order chi connectivity index (χ0) is 16.8. The number of aliphatic imine (C=N–C) groups is 1. The summed E-state index contributed by atoms with van der Waals surface area (Å²) in [4.78, 5) is 10.1. The van der Waals surface area contributed by atoms with E-state index in [0.29, 0.717) is 12.1 Å². The van der Waals surface area contributed by atoms with Gasteiger partial charge in [-0.2, -0.15) is 0 Å². The van der Waals surface area contributed by atoms with Crippen molar-refractivity contribution in [3.05, 3.63) is 21.9 Å². The number of thiophene rings is 1. The molecule has 1 aromatic rings. The molecule has 0 aromatic carbocycles. The monoisotopic (exact) mass is 336 g/mol. The molecule has 4 nitrogen and oxygen atoms in total. The van der Waals surface area contributed by atoms with Crippen LogP contribution in [0.3, 0.4) is 0 Å². The molecule has 1 fully saturated rings. The second-order valence-electron chi connectivity index (χ2n) is 6.73. The van der Waals surface area contributed by atoms with Crippen LogP contribution in [-0.2, 0) is 6.42 Å². The van der Waals surface area contributed by atoms with Crippen LogP contribution in [-0.4, -0.2) is 49.1 Å². The van der Waals surface area contributed by atoms with Gasteiger partial charge in [-0.1, -0.05) is 0 Å². The van der Waals surface area contributed by atoms with E-state index in [9.17, 15) is 0 Å². The molecule has 23 heavy (non-hydrogen) atoms. The molecule has 1 heterocycles. The number of hydrogen-bond donors (Lipinski definition) is 2. The summed E-state index contributed by atoms with van der Waals surface area (Å²) in [6.07, 6.45) is 3.74. The van der Waals surface area contributed by atoms with E-state index in [2.05, 4.69) is 62.4 Å². The van der Waals surface area contributed by atoms with Crippen molar-refractivity contribution in [1.82, 2.24) is 15.5 Å². The van der Waals surface area contributed by atoms with E-state index >= 15 is 0 Å². The third-order valence-corrected chi connectivity index (χ3v) is 5.39. The zero-order valence-electron chi connectivity index (χ0n) is 15.2. The van der Waals surface area contributed by atoms with Gasteiger partial charge in [-0.25, -0.2) is 0 Å². The topological polar surface area (TPSA) is 39.7 Å². The lowest BCUT2D eigenvalue weighted by molar-refractivity contribution is 0.253. The second kappa shape index (κ2) is 8.69. The fourth-order valence-electron chi connectivity index (χ4n) is 2.69. The highest BCUT2D eigenvalue weighted by Crippen LogP contribution is 2.26. The minimum atomic E-state index is 0.377. The van der Waals surface area contributed by atoms with Crippen LogP contribution in [0.1, 0.15) is 43.4 Å². The molecule has 0 radical (unpaired) electrons. The number of nitrogens with one attached hydrogen (secondary N) is 2. The van der Waals surface area contributed by atoms with Gasteiger partial charge >= 0.3 is 0 Å². The number of guanidine groups is 1. The Labute approximate surface area is 145 Å². The molecule has 1 saturated carbocycles. The minimum absolute atomic E-state index is 0.377. The summed E-state index contributed by atoms with van der Waals surface area (Å²) in [5.41, 5.74) is 0. The van der Waals surface area contributed by atoms with Gasteiger partial charge in [-0.05, 0) is 59.7 Å². The lowest BCUT2D eigenvalue weighted by atomic mass is 10.2. The first kappa shape index (κ1) is 18.3. The lowest BCUT2D eigenvalue weighted by Crippen LogP contribution is -2.44. The quantitative estimate of drug-likeness (QED) is 0.566. The van der Waals surface area contributed by atoms with Crippen LogP contribution in [0.4, 0.5) is 0 Å². The molecular formula is C18H32N4S. The first-order valence-corrected chi connectivity index (χ1v) is 9.63. The molecule has 2 atom stereocenters. The number of likely N-dealkylation sites (N-methyl/N-ethyl adjacent to an activating group) is 1. The highest BCUT2D eigenvalue weighted by atomic mass is 32.1. The molecule has 0 bridgehead atoms. The van der Waals surface area contributed by atoms with Crippen molar-refractivity contribution in [2.45, 2.75) is 65.1 Å². The van der Waals surface area contributed by atoms with Gasteiger partial charge in [-0.3, -0.25) is 9.89 Å². The largest absolute Gasteiger partial charge is 0.357 e. The van der Waals surface area contributed by atoms with Gasteiger partial charge in [0.15, 0.2) is 5.96 Å². The lowest BCUT2D eigenvalue weighted by Gasteiger charge is -2.24. The number of rotatable bonds is 8. The Morgan fingerprint density at radius 2 is 2.13 bits per heavy atom. The summed E-state index contributed by atoms with van der Waals surface area (Å²) >= 11 is 1.88. The number of nitrogens with zero attached hydrogens (tertiary/aromatic N) is 2. The van der Waals surface area contributed by atoms with Gasteiger partial charge in [0.2, 0.25) is 0 Å². The minimum Gasteiger partial charge on any atom is -0.357 e. The van der Waals surface area contributed by atoms with Gasteiger partial charge in [0, 0.05) is 40.8 Å². The van der Waals surface area contributed by atoms with Gasteiger partial charge in [-0.15, -0.1) is 11.3 Å². The average Bonchev–Trinajstić information content (AvgIpc) is 3.27. The normalized spacial score (nSPS) is 18.1. The smallest absolute Gasteiger partial charge is 0.191 e. The Balaban J connectivity index is 1.84. The molecule has 5 heteroatoms. The van der Waals surface area contributed by atoms with Gasteiger partial charge < -0.3 is 10.6 Å². The SMILES string of the molecule is CCNC(=NCC(C)N(C)C1CC1)NC(C)Cc1ccc(C)s1. The number of hydrogen-bond acceptors (Lipinski definition) is 3. The molecule has 0 spiro atoms. The maximum absolute atomic E-state index is 4.79. The van der Waals surface area contributed by atoms with Crippen LogP contribution >= 0.6 is 11.3 Å². The van der Waals surface area contributed by atoms with Crippen molar-refractivity contribution in [1.29, 1.82) is 0 Å². The summed E-state index contributed by atoms with van der Waals surface area (Å²) in [5.74, 6) is 0.935. The summed E-state index contributed by atoms with van der Waals surface area (Å²) in [6, 6.07) is 6.09. The molecule has 0 saturated heterocycles. The van der Waals surface area contributed by atoms with Crippen LogP contribution in [0, 0.1) is 6.92 Å². The highest BCUT2D eigenvalue weighted by molar-refractivity contribution is 7.11. The summed E-state index contributed by atoms with van der Waals surface area (Å²) in [5, 5.41) is 6.91. The van der Waals surface area contributed by atoms with Gasteiger partial charge in [0.1, 0.15) is 0 Å². The highest BCUT2D eigenvalue weighted by Gasteiger charge is 2.28. The molecule has 2 N–H and O–H groups in total. The first-order chi connectivity index (χ1) is 11.0. The van der Waals surface area contributed by atoms with Crippen molar-refractivity contribution in [2.24, 2.45) is 4.99 Å². The molecule has 1 aromatic heterocycles. The van der Waals surface area contributed by atoms with E-state index < -0.39 is 0 Å². The molecule has 130 valence electrons. The fourth-order valence-corrected chi connectivity index (χ4v) is 3.71. The predicted octanol–water partition coefficient (Wildman–Crippen LogP) is 3.03. The van der Waals surface area contributed by atoms with E-state index in [1.807, 2.05) is 11.3 Å². The molecule has 1 aliphatic carbocycles. The Kier molecular flexibility index (Phi) is 6.90. The van der Waals surface area contributed by atoms with Crippen molar-refractivity contribution in [2.75, 3.05) is 20.1 Å². The van der Waals surface area contributed by atoms with Crippen molar-refractivity contribution in [3.63, 3.8) is 0 Å². The summed E-state index contributed by atoms with van der Waals surface area (Å²) in [6.45, 7) is 10.5. The van der Waals surface area contributed by atoms with Crippen LogP contribution < -0.4 is 10.6 Å². The van der Waals surface area contributed by atoms with Crippen LogP contribution in [0.2, 0.25) is 0 Å². The zero-order valence-corrected chi connectivity index (χ0v) is 16.0. The van der Waals surface area contributed by atoms with Crippen molar-refractivity contribution < 1.29 is 0 Å². The third kappa shape index (κ3) is 6.15. The van der Waals surface area contributed by atoms with Gasteiger partial charge in [0.05, 0.1) is 6.54 Å². The molecular weight excluding hydrogens is 304 g/mol. The third-order valence-electron chi connectivity index (χ3n) is 4.36. The van der Waals surface area contributed by atoms with Crippen LogP contribution in [0.25, 0.3) is 0 Å². The summed E-state index contributed by atoms with van der Waals surface area (Å²) in [7, 11) is 2.22. The Hall–Kier alpha value is -1.07. The van der Waals surface area contributed by atoms with E-state index in [1.54, 1.807) is 0 Å². The number of aryl methyl sites for hydroxylation is 1.